The zero-order valence-electron chi connectivity index (χ0n) is 14.2. The number of carbonyl (C=O) groups excluding carboxylic acids is 1. The molecular weight excluding hydrogens is 325 g/mol. The van der Waals surface area contributed by atoms with Crippen LogP contribution in [0.25, 0.3) is 0 Å². The summed E-state index contributed by atoms with van der Waals surface area (Å²) in [6.45, 7) is 2.80. The molecule has 25 heavy (non-hydrogen) atoms. The van der Waals surface area contributed by atoms with E-state index < -0.39 is 11.9 Å². The molecule has 6 heteroatoms. The summed E-state index contributed by atoms with van der Waals surface area (Å²) in [6, 6.07) is 11.9. The van der Waals surface area contributed by atoms with Crippen molar-refractivity contribution in [3.05, 3.63) is 53.8 Å². The van der Waals surface area contributed by atoms with E-state index in [0.29, 0.717) is 23.6 Å². The topological polar surface area (TPSA) is 48.0 Å². The van der Waals surface area contributed by atoms with E-state index in [2.05, 4.69) is 0 Å². The molecular formula is C19H20FNO4. The van der Waals surface area contributed by atoms with Crippen LogP contribution in [0.1, 0.15) is 12.5 Å². The van der Waals surface area contributed by atoms with Gasteiger partial charge in [0.05, 0.1) is 7.11 Å². The van der Waals surface area contributed by atoms with Crippen molar-refractivity contribution in [2.75, 3.05) is 20.3 Å². The second-order valence-electron chi connectivity index (χ2n) is 5.69. The van der Waals surface area contributed by atoms with Gasteiger partial charge in [-0.05, 0) is 36.8 Å². The highest BCUT2D eigenvalue weighted by Gasteiger charge is 2.30. The highest BCUT2D eigenvalue weighted by atomic mass is 19.1. The fourth-order valence-corrected chi connectivity index (χ4v) is 2.72. The average Bonchev–Trinajstić information content (AvgIpc) is 2.65. The number of para-hydroxylation sites is 2. The summed E-state index contributed by atoms with van der Waals surface area (Å²) in [6.07, 6.45) is -0.710. The van der Waals surface area contributed by atoms with E-state index in [1.165, 1.54) is 13.2 Å². The number of hydrogen-bond acceptors (Lipinski definition) is 4. The number of hydrogen-bond donors (Lipinski definition) is 0. The maximum Gasteiger partial charge on any atom is 0.267 e. The molecule has 0 saturated heterocycles. The molecule has 0 aromatic heterocycles. The van der Waals surface area contributed by atoms with Gasteiger partial charge in [0.2, 0.25) is 6.10 Å². The molecule has 2 aromatic rings. The van der Waals surface area contributed by atoms with Crippen LogP contribution in [0, 0.1) is 5.82 Å². The lowest BCUT2D eigenvalue weighted by atomic mass is 10.1. The Kier molecular flexibility index (Phi) is 5.07. The van der Waals surface area contributed by atoms with Gasteiger partial charge in [0.15, 0.2) is 23.1 Å². The Bertz CT molecular complexity index is 765. The van der Waals surface area contributed by atoms with Crippen molar-refractivity contribution in [3.8, 4) is 17.2 Å². The molecule has 0 bridgehead atoms. The van der Waals surface area contributed by atoms with Crippen LogP contribution in [0.2, 0.25) is 0 Å². The van der Waals surface area contributed by atoms with Gasteiger partial charge in [0.25, 0.3) is 5.91 Å². The van der Waals surface area contributed by atoms with Gasteiger partial charge in [-0.25, -0.2) is 4.39 Å². The first-order valence-corrected chi connectivity index (χ1v) is 8.12. The monoisotopic (exact) mass is 345 g/mol. The lowest BCUT2D eigenvalue weighted by Crippen LogP contribution is -2.46. The number of methoxy groups -OCH3 is 1. The number of likely N-dealkylation sites (N-methyl/N-ethyl adjacent to an activating group) is 1. The lowest BCUT2D eigenvalue weighted by Gasteiger charge is -2.30. The molecule has 1 amide bonds. The zero-order chi connectivity index (χ0) is 17.8. The third-order valence-electron chi connectivity index (χ3n) is 4.07. The summed E-state index contributed by atoms with van der Waals surface area (Å²) in [5.41, 5.74) is 0.686. The van der Waals surface area contributed by atoms with Crippen molar-refractivity contribution in [1.82, 2.24) is 4.90 Å². The predicted molar refractivity (Wildman–Crippen MR) is 90.4 cm³/mol. The molecule has 5 nitrogen and oxygen atoms in total. The number of fused-ring (bicyclic) bond motifs is 1. The molecule has 2 aromatic carbocycles. The third kappa shape index (κ3) is 3.68. The maximum absolute atomic E-state index is 13.9. The number of ether oxygens (including phenoxy) is 3. The minimum Gasteiger partial charge on any atom is -0.494 e. The SMILES string of the molecule is CCN(Cc1ccc(OC)c(F)c1)C(=O)C1COc2ccccc2O1. The lowest BCUT2D eigenvalue weighted by molar-refractivity contribution is -0.141. The van der Waals surface area contributed by atoms with Gasteiger partial charge in [-0.1, -0.05) is 18.2 Å². The fraction of sp³-hybridized carbons (Fsp3) is 0.316. The molecule has 132 valence electrons. The molecule has 1 unspecified atom stereocenters. The van der Waals surface area contributed by atoms with Crippen LogP contribution < -0.4 is 14.2 Å². The minimum atomic E-state index is -0.710. The van der Waals surface area contributed by atoms with Gasteiger partial charge < -0.3 is 19.1 Å². The number of nitrogens with zero attached hydrogens (tertiary/aromatic N) is 1. The van der Waals surface area contributed by atoms with Gasteiger partial charge in [0.1, 0.15) is 6.61 Å². The van der Waals surface area contributed by atoms with E-state index in [4.69, 9.17) is 14.2 Å². The van der Waals surface area contributed by atoms with Crippen LogP contribution in [0.5, 0.6) is 17.2 Å². The Morgan fingerprint density at radius 2 is 2.04 bits per heavy atom. The molecule has 0 radical (unpaired) electrons. The second kappa shape index (κ2) is 7.42. The molecule has 1 aliphatic rings. The van der Waals surface area contributed by atoms with E-state index in [1.54, 1.807) is 29.2 Å². The standard InChI is InChI=1S/C19H20FNO4/c1-3-21(11-13-8-9-15(23-2)14(20)10-13)19(22)18-12-24-16-6-4-5-7-17(16)25-18/h4-10,18H,3,11-12H2,1-2H3. The Labute approximate surface area is 145 Å². The summed E-state index contributed by atoms with van der Waals surface area (Å²) in [7, 11) is 1.41. The number of rotatable bonds is 5. The summed E-state index contributed by atoms with van der Waals surface area (Å²) in [5.74, 6) is 0.729. The average molecular weight is 345 g/mol. The quantitative estimate of drug-likeness (QED) is 0.836. The van der Waals surface area contributed by atoms with Gasteiger partial charge in [-0.15, -0.1) is 0 Å². The van der Waals surface area contributed by atoms with Crippen LogP contribution in [-0.4, -0.2) is 37.2 Å². The fourth-order valence-electron chi connectivity index (χ4n) is 2.72. The van der Waals surface area contributed by atoms with Gasteiger partial charge in [0, 0.05) is 13.1 Å². The number of amides is 1. The Morgan fingerprint density at radius 1 is 1.28 bits per heavy atom. The number of halogens is 1. The summed E-state index contributed by atoms with van der Waals surface area (Å²) < 4.78 is 30.1. The zero-order valence-corrected chi connectivity index (χ0v) is 14.2. The molecule has 0 aliphatic carbocycles. The highest BCUT2D eigenvalue weighted by Crippen LogP contribution is 2.31. The van der Waals surface area contributed by atoms with Crippen LogP contribution in [0.4, 0.5) is 4.39 Å². The molecule has 0 N–H and O–H groups in total. The van der Waals surface area contributed by atoms with Crippen LogP contribution >= 0.6 is 0 Å². The smallest absolute Gasteiger partial charge is 0.267 e. The molecule has 0 fully saturated rings. The molecule has 1 aliphatic heterocycles. The summed E-state index contributed by atoms with van der Waals surface area (Å²) >= 11 is 0. The van der Waals surface area contributed by atoms with Gasteiger partial charge in [-0.2, -0.15) is 0 Å². The predicted octanol–water partition coefficient (Wildman–Crippen LogP) is 3.02. The van der Waals surface area contributed by atoms with Crippen LogP contribution in [0.15, 0.2) is 42.5 Å². The summed E-state index contributed by atoms with van der Waals surface area (Å²) in [5, 5.41) is 0. The first kappa shape index (κ1) is 17.1. The Morgan fingerprint density at radius 3 is 2.72 bits per heavy atom. The van der Waals surface area contributed by atoms with Crippen molar-refractivity contribution in [2.24, 2.45) is 0 Å². The Balaban J connectivity index is 1.71. The molecule has 1 atom stereocenters. The Hall–Kier alpha value is -2.76. The number of benzene rings is 2. The van der Waals surface area contributed by atoms with Crippen LogP contribution in [0.3, 0.4) is 0 Å². The molecule has 1 heterocycles. The van der Waals surface area contributed by atoms with E-state index in [9.17, 15) is 9.18 Å². The molecule has 3 rings (SSSR count). The minimum absolute atomic E-state index is 0.156. The largest absolute Gasteiger partial charge is 0.494 e. The van der Waals surface area contributed by atoms with Gasteiger partial charge >= 0.3 is 0 Å². The normalized spacial score (nSPS) is 15.6. The van der Waals surface area contributed by atoms with Crippen molar-refractivity contribution in [3.63, 3.8) is 0 Å². The third-order valence-corrected chi connectivity index (χ3v) is 4.07. The van der Waals surface area contributed by atoms with E-state index in [-0.39, 0.29) is 24.8 Å². The highest BCUT2D eigenvalue weighted by molar-refractivity contribution is 5.82. The summed E-state index contributed by atoms with van der Waals surface area (Å²) in [4.78, 5) is 14.4. The first-order valence-electron chi connectivity index (χ1n) is 8.12. The van der Waals surface area contributed by atoms with Gasteiger partial charge in [-0.3, -0.25) is 4.79 Å². The van der Waals surface area contributed by atoms with E-state index in [0.717, 1.165) is 0 Å². The van der Waals surface area contributed by atoms with E-state index >= 15 is 0 Å². The molecule has 0 spiro atoms. The van der Waals surface area contributed by atoms with Crippen molar-refractivity contribution < 1.29 is 23.4 Å². The van der Waals surface area contributed by atoms with Crippen LogP contribution in [-0.2, 0) is 11.3 Å². The maximum atomic E-state index is 13.9. The van der Waals surface area contributed by atoms with Crippen molar-refractivity contribution in [2.45, 2.75) is 19.6 Å². The van der Waals surface area contributed by atoms with Crippen molar-refractivity contribution in [1.29, 1.82) is 0 Å². The second-order valence-corrected chi connectivity index (χ2v) is 5.69. The number of carbonyl (C=O) groups is 1. The molecule has 0 saturated carbocycles. The van der Waals surface area contributed by atoms with Crippen molar-refractivity contribution >= 4 is 5.91 Å². The first-order chi connectivity index (χ1) is 12.1. The van der Waals surface area contributed by atoms with E-state index in [1.807, 2.05) is 19.1 Å².